The molecule has 1 heterocycles. The molecule has 0 spiro atoms. The van der Waals surface area contributed by atoms with E-state index in [1.807, 2.05) is 30.3 Å². The van der Waals surface area contributed by atoms with Crippen LogP contribution in [0.15, 0.2) is 59.8 Å². The number of nitrogens with zero attached hydrogens (tertiary/aromatic N) is 4. The quantitative estimate of drug-likeness (QED) is 0.657. The van der Waals surface area contributed by atoms with Crippen LogP contribution in [0.3, 0.4) is 0 Å². The van der Waals surface area contributed by atoms with Gasteiger partial charge in [0.25, 0.3) is 0 Å². The largest absolute Gasteiger partial charge is 0.355 e. The average Bonchev–Trinajstić information content (AvgIpc) is 3.11. The van der Waals surface area contributed by atoms with Crippen molar-refractivity contribution in [2.75, 3.05) is 12.3 Å². The van der Waals surface area contributed by atoms with Gasteiger partial charge >= 0.3 is 0 Å². The Morgan fingerprint density at radius 1 is 1.12 bits per heavy atom. The second kappa shape index (κ2) is 8.39. The van der Waals surface area contributed by atoms with Crippen LogP contribution in [0.4, 0.5) is 4.39 Å². The molecule has 3 rings (SSSR count). The lowest BCUT2D eigenvalue weighted by Crippen LogP contribution is -2.27. The summed E-state index contributed by atoms with van der Waals surface area (Å²) >= 11 is 1.27. The van der Waals surface area contributed by atoms with Crippen LogP contribution < -0.4 is 5.32 Å². The summed E-state index contributed by atoms with van der Waals surface area (Å²) in [4.78, 5) is 12.0. The third-order valence-corrected chi connectivity index (χ3v) is 4.34. The molecule has 0 unspecified atom stereocenters. The number of nitrogens with one attached hydrogen (secondary N) is 1. The summed E-state index contributed by atoms with van der Waals surface area (Å²) in [5, 5.41) is 15.0. The lowest BCUT2D eigenvalue weighted by atomic mass is 10.1. The van der Waals surface area contributed by atoms with Gasteiger partial charge in [-0.1, -0.05) is 42.1 Å². The Kier molecular flexibility index (Phi) is 5.73. The van der Waals surface area contributed by atoms with Gasteiger partial charge in [-0.15, -0.1) is 5.10 Å². The minimum absolute atomic E-state index is 0.102. The van der Waals surface area contributed by atoms with E-state index in [1.54, 1.807) is 16.8 Å². The van der Waals surface area contributed by atoms with Crippen LogP contribution in [-0.4, -0.2) is 38.4 Å². The molecule has 25 heavy (non-hydrogen) atoms. The van der Waals surface area contributed by atoms with Crippen LogP contribution in [0.5, 0.6) is 0 Å². The van der Waals surface area contributed by atoms with E-state index in [0.29, 0.717) is 18.1 Å². The van der Waals surface area contributed by atoms with E-state index >= 15 is 0 Å². The summed E-state index contributed by atoms with van der Waals surface area (Å²) in [6, 6.07) is 15.7. The van der Waals surface area contributed by atoms with Crippen molar-refractivity contribution >= 4 is 17.7 Å². The van der Waals surface area contributed by atoms with Crippen molar-refractivity contribution in [1.82, 2.24) is 25.5 Å². The van der Waals surface area contributed by atoms with Gasteiger partial charge in [-0.25, -0.2) is 4.39 Å². The first-order valence-corrected chi connectivity index (χ1v) is 8.69. The fourth-order valence-electron chi connectivity index (χ4n) is 2.18. The number of tetrazole rings is 1. The monoisotopic (exact) mass is 357 g/mol. The van der Waals surface area contributed by atoms with Crippen molar-refractivity contribution < 1.29 is 9.18 Å². The Balaban J connectivity index is 1.47. The van der Waals surface area contributed by atoms with Gasteiger partial charge in [0.1, 0.15) is 5.82 Å². The topological polar surface area (TPSA) is 72.7 Å². The van der Waals surface area contributed by atoms with Gasteiger partial charge in [-0.3, -0.25) is 4.79 Å². The second-order valence-electron chi connectivity index (χ2n) is 5.22. The normalized spacial score (nSPS) is 10.6. The van der Waals surface area contributed by atoms with Crippen molar-refractivity contribution in [3.8, 4) is 5.69 Å². The van der Waals surface area contributed by atoms with E-state index in [2.05, 4.69) is 20.8 Å². The zero-order valence-electron chi connectivity index (χ0n) is 13.3. The smallest absolute Gasteiger partial charge is 0.230 e. The highest BCUT2D eigenvalue weighted by atomic mass is 32.2. The molecule has 128 valence electrons. The van der Waals surface area contributed by atoms with E-state index < -0.39 is 0 Å². The van der Waals surface area contributed by atoms with Gasteiger partial charge < -0.3 is 5.32 Å². The molecule has 0 aliphatic carbocycles. The van der Waals surface area contributed by atoms with Crippen molar-refractivity contribution in [2.45, 2.75) is 11.6 Å². The number of benzene rings is 2. The summed E-state index contributed by atoms with van der Waals surface area (Å²) in [6.45, 7) is 0.495. The average molecular weight is 357 g/mol. The number of halogens is 1. The molecule has 6 nitrogen and oxygen atoms in total. The van der Waals surface area contributed by atoms with Crippen LogP contribution >= 0.6 is 11.8 Å². The Hall–Kier alpha value is -2.74. The highest BCUT2D eigenvalue weighted by Gasteiger charge is 2.11. The van der Waals surface area contributed by atoms with Crippen molar-refractivity contribution in [1.29, 1.82) is 0 Å². The standard InChI is InChI=1S/C17H16FN5OS/c18-14-8-6-13(7-9-14)10-11-19-16(24)12-25-17-20-21-22-23(17)15-4-2-1-3-5-15/h1-9H,10-12H2,(H,19,24). The summed E-state index contributed by atoms with van der Waals surface area (Å²) in [7, 11) is 0. The molecule has 2 aromatic carbocycles. The number of carbonyl (C=O) groups is 1. The molecule has 0 saturated heterocycles. The summed E-state index contributed by atoms with van der Waals surface area (Å²) in [5.41, 5.74) is 1.81. The first kappa shape index (κ1) is 17.1. The molecule has 1 aromatic heterocycles. The van der Waals surface area contributed by atoms with Gasteiger partial charge in [0.05, 0.1) is 11.4 Å². The fourth-order valence-corrected chi connectivity index (χ4v) is 2.90. The molecule has 0 aliphatic rings. The second-order valence-corrected chi connectivity index (χ2v) is 6.17. The molecule has 0 saturated carbocycles. The number of carbonyl (C=O) groups excluding carboxylic acids is 1. The van der Waals surface area contributed by atoms with Crippen LogP contribution in [0.25, 0.3) is 5.69 Å². The third kappa shape index (κ3) is 4.87. The SMILES string of the molecule is O=C(CSc1nnnn1-c1ccccc1)NCCc1ccc(F)cc1. The molecule has 0 bridgehead atoms. The number of hydrogen-bond acceptors (Lipinski definition) is 5. The molecule has 0 radical (unpaired) electrons. The van der Waals surface area contributed by atoms with E-state index in [1.165, 1.54) is 23.9 Å². The van der Waals surface area contributed by atoms with Crippen molar-refractivity contribution in [2.24, 2.45) is 0 Å². The molecule has 1 amide bonds. The number of aromatic nitrogens is 4. The van der Waals surface area contributed by atoms with Crippen LogP contribution in [0.2, 0.25) is 0 Å². The molecule has 8 heteroatoms. The van der Waals surface area contributed by atoms with Gasteiger partial charge in [-0.2, -0.15) is 4.68 Å². The fraction of sp³-hybridized carbons (Fsp3) is 0.176. The molecule has 0 atom stereocenters. The van der Waals surface area contributed by atoms with E-state index in [-0.39, 0.29) is 17.5 Å². The first-order chi connectivity index (χ1) is 12.2. The van der Waals surface area contributed by atoms with Crippen molar-refractivity contribution in [3.05, 3.63) is 66.0 Å². The summed E-state index contributed by atoms with van der Waals surface area (Å²) in [5.74, 6) is -0.147. The predicted octanol–water partition coefficient (Wildman–Crippen LogP) is 2.25. The molecule has 0 aliphatic heterocycles. The van der Waals surface area contributed by atoms with Gasteiger partial charge in [0.15, 0.2) is 0 Å². The molecular weight excluding hydrogens is 341 g/mol. The summed E-state index contributed by atoms with van der Waals surface area (Å²) < 4.78 is 14.4. The first-order valence-electron chi connectivity index (χ1n) is 7.70. The number of thioether (sulfide) groups is 1. The Morgan fingerprint density at radius 3 is 2.64 bits per heavy atom. The maximum absolute atomic E-state index is 12.8. The van der Waals surface area contributed by atoms with E-state index in [9.17, 15) is 9.18 Å². The lowest BCUT2D eigenvalue weighted by molar-refractivity contribution is -0.118. The minimum atomic E-state index is -0.264. The van der Waals surface area contributed by atoms with Crippen LogP contribution in [-0.2, 0) is 11.2 Å². The van der Waals surface area contributed by atoms with E-state index in [0.717, 1.165) is 11.3 Å². The van der Waals surface area contributed by atoms with Crippen molar-refractivity contribution in [3.63, 3.8) is 0 Å². The van der Waals surface area contributed by atoms with Gasteiger partial charge in [0, 0.05) is 6.54 Å². The van der Waals surface area contributed by atoms with Crippen LogP contribution in [0.1, 0.15) is 5.56 Å². The zero-order chi connectivity index (χ0) is 17.5. The molecule has 1 N–H and O–H groups in total. The number of para-hydroxylation sites is 1. The summed E-state index contributed by atoms with van der Waals surface area (Å²) in [6.07, 6.45) is 0.651. The third-order valence-electron chi connectivity index (χ3n) is 3.42. The number of rotatable bonds is 7. The zero-order valence-corrected chi connectivity index (χ0v) is 14.1. The maximum atomic E-state index is 12.8. The Labute approximate surface area is 148 Å². The number of amides is 1. The predicted molar refractivity (Wildman–Crippen MR) is 93.0 cm³/mol. The lowest BCUT2D eigenvalue weighted by Gasteiger charge is -2.06. The molecular formula is C17H16FN5OS. The number of hydrogen-bond donors (Lipinski definition) is 1. The van der Waals surface area contributed by atoms with Gasteiger partial charge in [-0.05, 0) is 46.7 Å². The Bertz CT molecular complexity index is 823. The maximum Gasteiger partial charge on any atom is 0.230 e. The molecule has 3 aromatic rings. The van der Waals surface area contributed by atoms with Gasteiger partial charge in [0.2, 0.25) is 11.1 Å². The molecule has 0 fully saturated rings. The minimum Gasteiger partial charge on any atom is -0.355 e. The Morgan fingerprint density at radius 2 is 1.88 bits per heavy atom. The van der Waals surface area contributed by atoms with Crippen LogP contribution in [0, 0.1) is 5.82 Å². The highest BCUT2D eigenvalue weighted by molar-refractivity contribution is 7.99. The van der Waals surface area contributed by atoms with E-state index in [4.69, 9.17) is 0 Å². The highest BCUT2D eigenvalue weighted by Crippen LogP contribution is 2.17.